The molecule has 0 unspecified atom stereocenters. The van der Waals surface area contributed by atoms with E-state index < -0.39 is 5.41 Å². The minimum Gasteiger partial charge on any atom is -0.381 e. The second kappa shape index (κ2) is 8.67. The van der Waals surface area contributed by atoms with Gasteiger partial charge in [-0.1, -0.05) is 46.3 Å². The van der Waals surface area contributed by atoms with Crippen LogP contribution >= 0.6 is 15.9 Å². The lowest BCUT2D eigenvalue weighted by atomic mass is 9.73. The van der Waals surface area contributed by atoms with Gasteiger partial charge in [-0.25, -0.2) is 0 Å². The highest BCUT2D eigenvalue weighted by Crippen LogP contribution is 2.37. The molecule has 0 aromatic heterocycles. The number of hydrogen-bond acceptors (Lipinski definition) is 3. The van der Waals surface area contributed by atoms with Crippen LogP contribution in [0, 0.1) is 0 Å². The average molecular weight is 431 g/mol. The van der Waals surface area contributed by atoms with Gasteiger partial charge in [0.2, 0.25) is 11.8 Å². The Bertz CT molecular complexity index is 787. The summed E-state index contributed by atoms with van der Waals surface area (Å²) < 4.78 is 6.47. The first-order chi connectivity index (χ1) is 13.0. The number of anilines is 1. The average Bonchev–Trinajstić information content (AvgIpc) is 2.69. The second-order valence-corrected chi connectivity index (χ2v) is 7.69. The Hall–Kier alpha value is -2.18. The summed E-state index contributed by atoms with van der Waals surface area (Å²) >= 11 is 3.44. The molecule has 0 bridgehead atoms. The van der Waals surface area contributed by atoms with Gasteiger partial charge < -0.3 is 15.0 Å². The molecular formula is C21H23BrN2O3. The van der Waals surface area contributed by atoms with Crippen LogP contribution in [-0.4, -0.2) is 43.5 Å². The first-order valence-corrected chi connectivity index (χ1v) is 9.75. The van der Waals surface area contributed by atoms with E-state index in [1.54, 1.807) is 7.05 Å². The topological polar surface area (TPSA) is 58.6 Å². The molecule has 3 rings (SSSR count). The van der Waals surface area contributed by atoms with Crippen molar-refractivity contribution in [1.82, 2.24) is 4.90 Å². The van der Waals surface area contributed by atoms with Crippen molar-refractivity contribution in [3.05, 3.63) is 64.6 Å². The van der Waals surface area contributed by atoms with E-state index in [1.165, 1.54) is 4.90 Å². The fourth-order valence-corrected chi connectivity index (χ4v) is 3.75. The first kappa shape index (κ1) is 19.6. The largest absolute Gasteiger partial charge is 0.381 e. The Morgan fingerprint density at radius 2 is 1.70 bits per heavy atom. The minimum absolute atomic E-state index is 0.00681. The number of nitrogens with one attached hydrogen (secondary N) is 1. The number of para-hydroxylation sites is 1. The Morgan fingerprint density at radius 1 is 1.07 bits per heavy atom. The smallest absolute Gasteiger partial charge is 0.243 e. The van der Waals surface area contributed by atoms with Crippen molar-refractivity contribution in [3.8, 4) is 0 Å². The van der Waals surface area contributed by atoms with Crippen molar-refractivity contribution in [2.75, 3.05) is 32.1 Å². The van der Waals surface area contributed by atoms with Crippen LogP contribution in [0.25, 0.3) is 0 Å². The van der Waals surface area contributed by atoms with Gasteiger partial charge in [-0.3, -0.25) is 9.59 Å². The predicted molar refractivity (Wildman–Crippen MR) is 109 cm³/mol. The Balaban J connectivity index is 1.75. The van der Waals surface area contributed by atoms with E-state index in [2.05, 4.69) is 21.2 Å². The maximum absolute atomic E-state index is 13.4. The molecule has 6 heteroatoms. The molecule has 0 spiro atoms. The zero-order valence-electron chi connectivity index (χ0n) is 15.3. The SMILES string of the molecule is CN(CC(=O)Nc1ccccc1)C(=O)C1(c2ccc(Br)cc2)CCOCC1. The minimum atomic E-state index is -0.652. The van der Waals surface area contributed by atoms with Crippen LogP contribution < -0.4 is 5.32 Å². The third-order valence-electron chi connectivity index (χ3n) is 4.94. The van der Waals surface area contributed by atoms with Gasteiger partial charge in [0, 0.05) is 30.4 Å². The molecular weight excluding hydrogens is 408 g/mol. The summed E-state index contributed by atoms with van der Waals surface area (Å²) in [6, 6.07) is 17.1. The second-order valence-electron chi connectivity index (χ2n) is 6.78. The lowest BCUT2D eigenvalue weighted by molar-refractivity contribution is -0.142. The molecule has 1 aliphatic heterocycles. The van der Waals surface area contributed by atoms with Gasteiger partial charge in [0.05, 0.1) is 12.0 Å². The molecule has 0 saturated carbocycles. The lowest BCUT2D eigenvalue weighted by Gasteiger charge is -2.39. The van der Waals surface area contributed by atoms with Gasteiger partial charge in [0.25, 0.3) is 0 Å². The first-order valence-electron chi connectivity index (χ1n) is 8.95. The molecule has 2 amide bonds. The summed E-state index contributed by atoms with van der Waals surface area (Å²) in [4.78, 5) is 27.3. The Labute approximate surface area is 167 Å². The van der Waals surface area contributed by atoms with Crippen LogP contribution in [0.15, 0.2) is 59.1 Å². The highest BCUT2D eigenvalue weighted by molar-refractivity contribution is 9.10. The van der Waals surface area contributed by atoms with Gasteiger partial charge in [0.1, 0.15) is 0 Å². The molecule has 142 valence electrons. The number of nitrogens with zero attached hydrogens (tertiary/aromatic N) is 1. The van der Waals surface area contributed by atoms with E-state index in [0.29, 0.717) is 26.1 Å². The van der Waals surface area contributed by atoms with Crippen molar-refractivity contribution in [2.24, 2.45) is 0 Å². The van der Waals surface area contributed by atoms with Gasteiger partial charge in [-0.05, 0) is 42.7 Å². The standard InChI is InChI=1S/C21H23BrN2O3/c1-24(15-19(25)23-18-5-3-2-4-6-18)20(26)21(11-13-27-14-12-21)16-7-9-17(22)10-8-16/h2-10H,11-15H2,1H3,(H,23,25). The van der Waals surface area contributed by atoms with E-state index in [0.717, 1.165) is 15.7 Å². The molecule has 27 heavy (non-hydrogen) atoms. The summed E-state index contributed by atoms with van der Waals surface area (Å²) in [6.07, 6.45) is 1.22. The van der Waals surface area contributed by atoms with Gasteiger partial charge in [-0.15, -0.1) is 0 Å². The van der Waals surface area contributed by atoms with Crippen LogP contribution in [0.5, 0.6) is 0 Å². The van der Waals surface area contributed by atoms with Gasteiger partial charge in [0.15, 0.2) is 0 Å². The van der Waals surface area contributed by atoms with Gasteiger partial charge >= 0.3 is 0 Å². The van der Waals surface area contributed by atoms with Crippen LogP contribution in [0.4, 0.5) is 5.69 Å². The molecule has 1 fully saturated rings. The molecule has 2 aromatic rings. The number of rotatable bonds is 5. The van der Waals surface area contributed by atoms with E-state index >= 15 is 0 Å². The van der Waals surface area contributed by atoms with E-state index in [4.69, 9.17) is 4.74 Å². The summed E-state index contributed by atoms with van der Waals surface area (Å²) in [5, 5.41) is 2.83. The number of benzene rings is 2. The predicted octanol–water partition coefficient (Wildman–Crippen LogP) is 3.59. The molecule has 1 aliphatic rings. The third kappa shape index (κ3) is 4.57. The molecule has 0 radical (unpaired) electrons. The zero-order valence-corrected chi connectivity index (χ0v) is 16.9. The summed E-state index contributed by atoms with van der Waals surface area (Å²) in [6.45, 7) is 1.07. The van der Waals surface area contributed by atoms with Crippen molar-refractivity contribution in [2.45, 2.75) is 18.3 Å². The number of amides is 2. The van der Waals surface area contributed by atoms with Gasteiger partial charge in [-0.2, -0.15) is 0 Å². The molecule has 5 nitrogen and oxygen atoms in total. The summed E-state index contributed by atoms with van der Waals surface area (Å²) in [5.74, 6) is -0.258. The van der Waals surface area contributed by atoms with Crippen molar-refractivity contribution in [3.63, 3.8) is 0 Å². The van der Waals surface area contributed by atoms with E-state index in [9.17, 15) is 9.59 Å². The maximum Gasteiger partial charge on any atom is 0.243 e. The maximum atomic E-state index is 13.4. The molecule has 2 aromatic carbocycles. The summed E-state index contributed by atoms with van der Waals surface area (Å²) in [7, 11) is 1.68. The van der Waals surface area contributed by atoms with Crippen molar-refractivity contribution < 1.29 is 14.3 Å². The lowest BCUT2D eigenvalue weighted by Crippen LogP contribution is -2.50. The fraction of sp³-hybridized carbons (Fsp3) is 0.333. The number of likely N-dealkylation sites (N-methyl/N-ethyl adjacent to an activating group) is 1. The zero-order chi connectivity index (χ0) is 19.3. The monoisotopic (exact) mass is 430 g/mol. The van der Waals surface area contributed by atoms with E-state index in [-0.39, 0.29) is 18.4 Å². The third-order valence-corrected chi connectivity index (χ3v) is 5.47. The number of carbonyl (C=O) groups excluding carboxylic acids is 2. The molecule has 1 heterocycles. The molecule has 1 saturated heterocycles. The number of ether oxygens (including phenoxy) is 1. The number of halogens is 1. The molecule has 1 N–H and O–H groups in total. The Kier molecular flexibility index (Phi) is 6.29. The number of hydrogen-bond donors (Lipinski definition) is 1. The quantitative estimate of drug-likeness (QED) is 0.787. The van der Waals surface area contributed by atoms with Crippen LogP contribution in [-0.2, 0) is 19.7 Å². The highest BCUT2D eigenvalue weighted by atomic mass is 79.9. The Morgan fingerprint density at radius 3 is 2.33 bits per heavy atom. The van der Waals surface area contributed by atoms with Crippen molar-refractivity contribution in [1.29, 1.82) is 0 Å². The normalized spacial score (nSPS) is 15.8. The molecule has 0 aliphatic carbocycles. The highest BCUT2D eigenvalue weighted by Gasteiger charge is 2.43. The van der Waals surface area contributed by atoms with Crippen LogP contribution in [0.3, 0.4) is 0 Å². The van der Waals surface area contributed by atoms with E-state index in [1.807, 2.05) is 54.6 Å². The molecule has 0 atom stereocenters. The van der Waals surface area contributed by atoms with Crippen LogP contribution in [0.1, 0.15) is 18.4 Å². The fourth-order valence-electron chi connectivity index (χ4n) is 3.49. The van der Waals surface area contributed by atoms with Crippen molar-refractivity contribution >= 4 is 33.4 Å². The summed E-state index contributed by atoms with van der Waals surface area (Å²) in [5.41, 5.74) is 1.03. The van der Waals surface area contributed by atoms with Crippen LogP contribution in [0.2, 0.25) is 0 Å². The number of carbonyl (C=O) groups is 2.